The molecule has 11 heteroatoms. The van der Waals surface area contributed by atoms with E-state index in [0.717, 1.165) is 23.6 Å². The normalized spacial score (nSPS) is 16.5. The van der Waals surface area contributed by atoms with Crippen LogP contribution in [0.2, 0.25) is 5.02 Å². The molecule has 1 fully saturated rings. The van der Waals surface area contributed by atoms with Gasteiger partial charge < -0.3 is 9.64 Å². The van der Waals surface area contributed by atoms with E-state index in [-0.39, 0.29) is 34.0 Å². The number of methoxy groups -OCH3 is 1. The van der Waals surface area contributed by atoms with E-state index in [1.807, 2.05) is 13.8 Å². The number of carbonyl (C=O) groups is 2. The summed E-state index contributed by atoms with van der Waals surface area (Å²) in [5.74, 6) is -2.68. The van der Waals surface area contributed by atoms with E-state index in [9.17, 15) is 23.2 Å². The summed E-state index contributed by atoms with van der Waals surface area (Å²) in [6, 6.07) is 4.23. The van der Waals surface area contributed by atoms with Crippen molar-refractivity contribution in [1.82, 2.24) is 14.7 Å². The highest BCUT2D eigenvalue weighted by Gasteiger charge is 2.39. The number of hydrogen-bond acceptors (Lipinski definition) is 6. The summed E-state index contributed by atoms with van der Waals surface area (Å²) in [5.41, 5.74) is 1.63. The summed E-state index contributed by atoms with van der Waals surface area (Å²) in [5, 5.41) is 9.62. The Labute approximate surface area is 201 Å². The second kappa shape index (κ2) is 12.0. The van der Waals surface area contributed by atoms with Crippen LogP contribution in [0.5, 0.6) is 5.75 Å². The predicted octanol–water partition coefficient (Wildman–Crippen LogP) is 2.77. The molecule has 186 valence electrons. The van der Waals surface area contributed by atoms with Crippen molar-refractivity contribution in [1.29, 1.82) is 0 Å². The van der Waals surface area contributed by atoms with Crippen molar-refractivity contribution >= 4 is 33.4 Å². The maximum absolute atomic E-state index is 13.4. The van der Waals surface area contributed by atoms with Gasteiger partial charge in [0.25, 0.3) is 0 Å². The van der Waals surface area contributed by atoms with Gasteiger partial charge in [-0.15, -0.1) is 0 Å². The fraction of sp³-hybridized carbons (Fsp3) is 0.636. The molecule has 1 aliphatic rings. The molecular weight excluding hydrogens is 470 g/mol. The highest BCUT2D eigenvalue weighted by atomic mass is 35.5. The van der Waals surface area contributed by atoms with Crippen molar-refractivity contribution in [3.05, 3.63) is 23.2 Å². The molecule has 1 aromatic rings. The summed E-state index contributed by atoms with van der Waals surface area (Å²) >= 11 is 6.01. The number of hydroxylamine groups is 1. The molecule has 2 N–H and O–H groups in total. The van der Waals surface area contributed by atoms with Crippen LogP contribution >= 0.6 is 11.6 Å². The van der Waals surface area contributed by atoms with Crippen molar-refractivity contribution in [2.75, 3.05) is 33.8 Å². The van der Waals surface area contributed by atoms with Gasteiger partial charge in [-0.05, 0) is 49.8 Å². The molecule has 0 aromatic heterocycles. The molecule has 1 aromatic carbocycles. The maximum atomic E-state index is 13.4. The van der Waals surface area contributed by atoms with Crippen LogP contribution in [0.1, 0.15) is 39.5 Å². The monoisotopic (exact) mass is 503 g/mol. The molecule has 0 aliphatic carbocycles. The van der Waals surface area contributed by atoms with Crippen LogP contribution in [-0.4, -0.2) is 68.4 Å². The zero-order valence-electron chi connectivity index (χ0n) is 19.6. The first-order chi connectivity index (χ1) is 15.5. The van der Waals surface area contributed by atoms with Crippen molar-refractivity contribution in [3.8, 4) is 5.75 Å². The van der Waals surface area contributed by atoms with E-state index >= 15 is 0 Å². The lowest BCUT2D eigenvalue weighted by Crippen LogP contribution is -2.49. The second-order valence-corrected chi connectivity index (χ2v) is 11.2. The lowest BCUT2D eigenvalue weighted by Gasteiger charge is -2.35. The van der Waals surface area contributed by atoms with E-state index in [4.69, 9.17) is 16.3 Å². The zero-order valence-corrected chi connectivity index (χ0v) is 21.2. The minimum Gasteiger partial charge on any atom is -0.495 e. The molecule has 1 aliphatic heterocycles. The lowest BCUT2D eigenvalue weighted by atomic mass is 9.83. The standard InChI is InChI=1S/C22H34ClN3O6S/c1-15(2)12-17(22(28)26-10-6-5-7-11-26)18(21(27)24-29)14-25(3)33(30,31)20-13-16(23)8-9-19(20)32-4/h8-9,13,15,17-18,29H,5-7,10-12,14H2,1-4H3,(H,24,27)/t17-,18+/m1/s1. The van der Waals surface area contributed by atoms with Gasteiger partial charge >= 0.3 is 0 Å². The first-order valence-electron chi connectivity index (χ1n) is 11.1. The van der Waals surface area contributed by atoms with Crippen molar-refractivity contribution < 1.29 is 28.0 Å². The number of piperidine rings is 1. The molecule has 2 rings (SSSR count). The average molecular weight is 504 g/mol. The lowest BCUT2D eigenvalue weighted by molar-refractivity contribution is -0.146. The van der Waals surface area contributed by atoms with E-state index in [1.54, 1.807) is 10.4 Å². The fourth-order valence-electron chi connectivity index (χ4n) is 4.16. The summed E-state index contributed by atoms with van der Waals surface area (Å²) in [4.78, 5) is 27.7. The number of benzene rings is 1. The number of sulfonamides is 1. The van der Waals surface area contributed by atoms with Crippen molar-refractivity contribution in [2.45, 2.75) is 44.4 Å². The Morgan fingerprint density at radius 3 is 2.39 bits per heavy atom. The van der Waals surface area contributed by atoms with E-state index in [0.29, 0.717) is 19.5 Å². The quantitative estimate of drug-likeness (QED) is 0.374. The molecule has 0 unspecified atom stereocenters. The molecule has 2 amide bonds. The van der Waals surface area contributed by atoms with Crippen LogP contribution in [0.25, 0.3) is 0 Å². The van der Waals surface area contributed by atoms with Crippen LogP contribution in [0.15, 0.2) is 23.1 Å². The Kier molecular flexibility index (Phi) is 9.96. The van der Waals surface area contributed by atoms with Crippen LogP contribution in [0.4, 0.5) is 0 Å². The molecule has 33 heavy (non-hydrogen) atoms. The Hall–Kier alpha value is -1.88. The largest absolute Gasteiger partial charge is 0.495 e. The van der Waals surface area contributed by atoms with Crippen LogP contribution < -0.4 is 10.2 Å². The van der Waals surface area contributed by atoms with Gasteiger partial charge in [0.2, 0.25) is 21.8 Å². The SMILES string of the molecule is COc1ccc(Cl)cc1S(=O)(=O)N(C)C[C@H](C(=O)NO)[C@@H](CC(C)C)C(=O)N1CCCCC1. The number of nitrogens with zero attached hydrogens (tertiary/aromatic N) is 2. The van der Waals surface area contributed by atoms with Gasteiger partial charge in [0.05, 0.1) is 18.9 Å². The number of nitrogens with one attached hydrogen (secondary N) is 1. The van der Waals surface area contributed by atoms with Gasteiger partial charge in [0.15, 0.2) is 0 Å². The number of rotatable bonds is 10. The molecule has 9 nitrogen and oxygen atoms in total. The number of amides is 2. The third-order valence-electron chi connectivity index (χ3n) is 5.91. The number of hydrogen-bond donors (Lipinski definition) is 2. The maximum Gasteiger partial charge on any atom is 0.248 e. The average Bonchev–Trinajstić information content (AvgIpc) is 2.80. The van der Waals surface area contributed by atoms with Crippen molar-refractivity contribution in [2.24, 2.45) is 17.8 Å². The Bertz CT molecular complexity index is 934. The first-order valence-corrected chi connectivity index (χ1v) is 12.9. The van der Waals surface area contributed by atoms with Gasteiger partial charge in [-0.3, -0.25) is 14.8 Å². The van der Waals surface area contributed by atoms with E-state index in [1.165, 1.54) is 32.4 Å². The molecular formula is C22H34ClN3O6S. The summed E-state index contributed by atoms with van der Waals surface area (Å²) in [7, 11) is -1.44. The van der Waals surface area contributed by atoms with E-state index in [2.05, 4.69) is 0 Å². The van der Waals surface area contributed by atoms with Crippen molar-refractivity contribution in [3.63, 3.8) is 0 Å². The topological polar surface area (TPSA) is 116 Å². The van der Waals surface area contributed by atoms with Gasteiger partial charge in [0.1, 0.15) is 10.6 Å². The Balaban J connectivity index is 2.40. The minimum absolute atomic E-state index is 0.0765. The second-order valence-electron chi connectivity index (χ2n) is 8.79. The number of carbonyl (C=O) groups excluding carboxylic acids is 2. The third-order valence-corrected chi connectivity index (χ3v) is 7.99. The summed E-state index contributed by atoms with van der Waals surface area (Å²) < 4.78 is 32.8. The molecule has 0 radical (unpaired) electrons. The van der Waals surface area contributed by atoms with Gasteiger partial charge in [0, 0.05) is 31.7 Å². The molecule has 0 spiro atoms. The van der Waals surface area contributed by atoms with Crippen LogP contribution in [0, 0.1) is 17.8 Å². The third kappa shape index (κ3) is 6.81. The Morgan fingerprint density at radius 2 is 1.85 bits per heavy atom. The molecule has 0 saturated carbocycles. The summed E-state index contributed by atoms with van der Waals surface area (Å²) in [6.45, 7) is 4.77. The van der Waals surface area contributed by atoms with Gasteiger partial charge in [-0.1, -0.05) is 25.4 Å². The summed E-state index contributed by atoms with van der Waals surface area (Å²) in [6.07, 6.45) is 3.20. The molecule has 1 heterocycles. The predicted molar refractivity (Wildman–Crippen MR) is 125 cm³/mol. The first kappa shape index (κ1) is 27.4. The molecule has 1 saturated heterocycles. The Morgan fingerprint density at radius 1 is 1.21 bits per heavy atom. The number of likely N-dealkylation sites (tertiary alicyclic amines) is 1. The number of halogens is 1. The minimum atomic E-state index is -4.12. The smallest absolute Gasteiger partial charge is 0.248 e. The van der Waals surface area contributed by atoms with E-state index < -0.39 is 27.8 Å². The van der Waals surface area contributed by atoms with Crippen LogP contribution in [-0.2, 0) is 19.6 Å². The highest BCUT2D eigenvalue weighted by Crippen LogP contribution is 2.31. The molecule has 2 atom stereocenters. The molecule has 0 bridgehead atoms. The van der Waals surface area contributed by atoms with Gasteiger partial charge in [-0.25, -0.2) is 13.9 Å². The number of ether oxygens (including phenoxy) is 1. The highest BCUT2D eigenvalue weighted by molar-refractivity contribution is 7.89. The zero-order chi connectivity index (χ0) is 24.8. The van der Waals surface area contributed by atoms with Gasteiger partial charge in [-0.2, -0.15) is 4.31 Å². The van der Waals surface area contributed by atoms with Crippen LogP contribution in [0.3, 0.4) is 0 Å². The fourth-order valence-corrected chi connectivity index (χ4v) is 5.78.